The number of rotatable bonds is 5. The third kappa shape index (κ3) is 3.71. The lowest BCUT2D eigenvalue weighted by atomic mass is 9.97. The van der Waals surface area contributed by atoms with Crippen molar-refractivity contribution < 1.29 is 54.7 Å². The summed E-state index contributed by atoms with van der Waals surface area (Å²) in [6.45, 7) is -1.23. The first-order chi connectivity index (χ1) is 11.3. The van der Waals surface area contributed by atoms with Gasteiger partial charge >= 0.3 is 0 Å². The van der Waals surface area contributed by atoms with Crippen molar-refractivity contribution in [1.82, 2.24) is 0 Å². The van der Waals surface area contributed by atoms with Crippen molar-refractivity contribution in [3.63, 3.8) is 0 Å². The standard InChI is InChI=1S/C13H24O11/c1-21-12-10(20)11(7(17)5(3-15)22-12)24-13-9(19)8(18)6(16)4(2-14)23-13/h4-20H,2-3H2,1H3/t4-,5-,6+,7+,8-,9+,10+,11-,12-,13+/m0/s1. The van der Waals surface area contributed by atoms with Gasteiger partial charge in [-0.15, -0.1) is 0 Å². The van der Waals surface area contributed by atoms with Gasteiger partial charge in [-0.3, -0.25) is 0 Å². The molecule has 10 atom stereocenters. The Hall–Kier alpha value is -0.440. The second-order valence-corrected chi connectivity index (χ2v) is 5.74. The summed E-state index contributed by atoms with van der Waals surface area (Å²) in [4.78, 5) is 0. The smallest absolute Gasteiger partial charge is 0.187 e. The quantitative estimate of drug-likeness (QED) is 0.251. The minimum Gasteiger partial charge on any atom is -0.394 e. The first-order valence-corrected chi connectivity index (χ1v) is 7.46. The van der Waals surface area contributed by atoms with E-state index >= 15 is 0 Å². The molecule has 24 heavy (non-hydrogen) atoms. The normalized spacial score (nSPS) is 50.0. The van der Waals surface area contributed by atoms with E-state index < -0.39 is 74.6 Å². The maximum absolute atomic E-state index is 10.2. The Balaban J connectivity index is 2.14. The largest absolute Gasteiger partial charge is 0.394 e. The Morgan fingerprint density at radius 3 is 1.79 bits per heavy atom. The van der Waals surface area contributed by atoms with Gasteiger partial charge in [0.05, 0.1) is 13.2 Å². The summed E-state index contributed by atoms with van der Waals surface area (Å²) in [5, 5.41) is 68.1. The van der Waals surface area contributed by atoms with E-state index in [1.165, 1.54) is 7.11 Å². The van der Waals surface area contributed by atoms with Gasteiger partial charge < -0.3 is 54.7 Å². The van der Waals surface area contributed by atoms with E-state index in [0.29, 0.717) is 0 Å². The topological polar surface area (TPSA) is 179 Å². The first kappa shape index (κ1) is 19.9. The summed E-state index contributed by atoms with van der Waals surface area (Å²) >= 11 is 0. The summed E-state index contributed by atoms with van der Waals surface area (Å²) in [5.74, 6) is 0. The van der Waals surface area contributed by atoms with Gasteiger partial charge in [-0.2, -0.15) is 0 Å². The molecule has 2 saturated heterocycles. The van der Waals surface area contributed by atoms with Crippen LogP contribution in [-0.2, 0) is 18.9 Å². The van der Waals surface area contributed by atoms with Crippen molar-refractivity contribution in [2.75, 3.05) is 20.3 Å². The minimum atomic E-state index is -1.70. The Morgan fingerprint density at radius 2 is 1.25 bits per heavy atom. The second-order valence-electron chi connectivity index (χ2n) is 5.74. The molecule has 0 radical (unpaired) electrons. The van der Waals surface area contributed by atoms with Crippen molar-refractivity contribution >= 4 is 0 Å². The van der Waals surface area contributed by atoms with Crippen LogP contribution in [-0.4, -0.2) is 117 Å². The lowest BCUT2D eigenvalue weighted by molar-refractivity contribution is -0.358. The molecule has 0 aromatic carbocycles. The molecule has 142 valence electrons. The summed E-state index contributed by atoms with van der Waals surface area (Å²) in [5.41, 5.74) is 0. The number of hydrogen-bond donors (Lipinski definition) is 7. The van der Waals surface area contributed by atoms with Crippen molar-refractivity contribution in [1.29, 1.82) is 0 Å². The van der Waals surface area contributed by atoms with Crippen LogP contribution in [0.3, 0.4) is 0 Å². The van der Waals surface area contributed by atoms with E-state index in [2.05, 4.69) is 0 Å². The van der Waals surface area contributed by atoms with Crippen LogP contribution in [0.25, 0.3) is 0 Å². The van der Waals surface area contributed by atoms with Crippen molar-refractivity contribution in [2.24, 2.45) is 0 Å². The van der Waals surface area contributed by atoms with Gasteiger partial charge in [0.15, 0.2) is 12.6 Å². The molecule has 0 aromatic heterocycles. The van der Waals surface area contributed by atoms with Crippen LogP contribution in [0, 0.1) is 0 Å². The SMILES string of the molecule is CO[C@H]1O[C@@H](CO)[C@@H](O)[C@H](O[C@H]2O[C@@H](CO)[C@@H](O)[C@H](O)[C@H]2O)[C@H]1O. The molecule has 11 nitrogen and oxygen atoms in total. The summed E-state index contributed by atoms with van der Waals surface area (Å²) in [6, 6.07) is 0. The van der Waals surface area contributed by atoms with Gasteiger partial charge in [0, 0.05) is 7.11 Å². The van der Waals surface area contributed by atoms with E-state index in [1.807, 2.05) is 0 Å². The zero-order chi connectivity index (χ0) is 18.0. The fourth-order valence-electron chi connectivity index (χ4n) is 2.74. The predicted molar refractivity (Wildman–Crippen MR) is 73.4 cm³/mol. The highest BCUT2D eigenvalue weighted by Crippen LogP contribution is 2.29. The van der Waals surface area contributed by atoms with Crippen molar-refractivity contribution in [2.45, 2.75) is 61.4 Å². The van der Waals surface area contributed by atoms with Gasteiger partial charge in [-0.05, 0) is 0 Å². The third-order valence-corrected chi connectivity index (χ3v) is 4.19. The molecule has 2 heterocycles. The molecular formula is C13H24O11. The van der Waals surface area contributed by atoms with Crippen LogP contribution in [0.2, 0.25) is 0 Å². The molecule has 11 heteroatoms. The highest BCUT2D eigenvalue weighted by Gasteiger charge is 2.50. The number of ether oxygens (including phenoxy) is 4. The van der Waals surface area contributed by atoms with Crippen LogP contribution in [0.15, 0.2) is 0 Å². The van der Waals surface area contributed by atoms with Crippen LogP contribution < -0.4 is 0 Å². The van der Waals surface area contributed by atoms with Crippen LogP contribution in [0.4, 0.5) is 0 Å². The number of methoxy groups -OCH3 is 1. The Labute approximate surface area is 137 Å². The molecule has 2 aliphatic heterocycles. The molecule has 0 aliphatic carbocycles. The monoisotopic (exact) mass is 356 g/mol. The third-order valence-electron chi connectivity index (χ3n) is 4.19. The Morgan fingerprint density at radius 1 is 0.708 bits per heavy atom. The lowest BCUT2D eigenvalue weighted by Gasteiger charge is -2.45. The fourth-order valence-corrected chi connectivity index (χ4v) is 2.74. The van der Waals surface area contributed by atoms with Gasteiger partial charge in [-0.25, -0.2) is 0 Å². The lowest BCUT2D eigenvalue weighted by Crippen LogP contribution is -2.64. The van der Waals surface area contributed by atoms with E-state index in [0.717, 1.165) is 0 Å². The van der Waals surface area contributed by atoms with Crippen LogP contribution in [0.1, 0.15) is 0 Å². The van der Waals surface area contributed by atoms with E-state index in [-0.39, 0.29) is 0 Å². The molecular weight excluding hydrogens is 332 g/mol. The predicted octanol–water partition coefficient (Wildman–Crippen LogP) is -4.74. The second kappa shape index (κ2) is 8.29. The highest BCUT2D eigenvalue weighted by molar-refractivity contribution is 4.93. The first-order valence-electron chi connectivity index (χ1n) is 7.46. The molecule has 2 rings (SSSR count). The number of aliphatic hydroxyl groups is 7. The minimum absolute atomic E-state index is 0.581. The zero-order valence-corrected chi connectivity index (χ0v) is 13.0. The van der Waals surface area contributed by atoms with Crippen LogP contribution >= 0.6 is 0 Å². The summed E-state index contributed by atoms with van der Waals surface area (Å²) in [7, 11) is 1.24. The summed E-state index contributed by atoms with van der Waals surface area (Å²) < 4.78 is 20.6. The maximum Gasteiger partial charge on any atom is 0.187 e. The number of aliphatic hydroxyl groups excluding tert-OH is 7. The molecule has 0 unspecified atom stereocenters. The van der Waals surface area contributed by atoms with E-state index in [1.54, 1.807) is 0 Å². The van der Waals surface area contributed by atoms with Crippen molar-refractivity contribution in [3.05, 3.63) is 0 Å². The van der Waals surface area contributed by atoms with Gasteiger partial charge in [0.25, 0.3) is 0 Å². The molecule has 2 aliphatic rings. The average molecular weight is 356 g/mol. The van der Waals surface area contributed by atoms with E-state index in [4.69, 9.17) is 24.1 Å². The molecule has 0 amide bonds. The zero-order valence-electron chi connectivity index (χ0n) is 13.0. The van der Waals surface area contributed by atoms with Crippen molar-refractivity contribution in [3.8, 4) is 0 Å². The average Bonchev–Trinajstić information content (AvgIpc) is 2.58. The molecule has 0 bridgehead atoms. The molecule has 0 spiro atoms. The molecule has 7 N–H and O–H groups in total. The highest BCUT2D eigenvalue weighted by atomic mass is 16.7. The molecule has 0 saturated carbocycles. The molecule has 0 aromatic rings. The Bertz CT molecular complexity index is 378. The van der Waals surface area contributed by atoms with Crippen LogP contribution in [0.5, 0.6) is 0 Å². The number of hydrogen-bond acceptors (Lipinski definition) is 11. The fraction of sp³-hybridized carbons (Fsp3) is 1.00. The van der Waals surface area contributed by atoms with Gasteiger partial charge in [0.1, 0.15) is 48.8 Å². The Kier molecular flexibility index (Phi) is 6.87. The van der Waals surface area contributed by atoms with Gasteiger partial charge in [-0.1, -0.05) is 0 Å². The maximum atomic E-state index is 10.2. The van der Waals surface area contributed by atoms with Gasteiger partial charge in [0.2, 0.25) is 0 Å². The summed E-state index contributed by atoms with van der Waals surface area (Å²) in [6.07, 6.45) is -14.4. The molecule has 2 fully saturated rings. The van der Waals surface area contributed by atoms with E-state index in [9.17, 15) is 30.6 Å².